The van der Waals surface area contributed by atoms with Crippen LogP contribution in [-0.2, 0) is 7.05 Å². The quantitative estimate of drug-likeness (QED) is 0.696. The van der Waals surface area contributed by atoms with Crippen molar-refractivity contribution in [3.63, 3.8) is 0 Å². The summed E-state index contributed by atoms with van der Waals surface area (Å²) in [6, 6.07) is 7.79. The number of hydrogen-bond acceptors (Lipinski definition) is 3. The molecule has 1 amide bonds. The minimum absolute atomic E-state index is 0.310. The number of aromatic nitrogens is 2. The molecule has 0 aliphatic rings. The van der Waals surface area contributed by atoms with E-state index in [0.29, 0.717) is 10.2 Å². The van der Waals surface area contributed by atoms with E-state index in [1.807, 2.05) is 31.2 Å². The number of carbonyl (C=O) groups is 1. The minimum atomic E-state index is -0.350. The Hall–Kier alpha value is -1.95. The van der Waals surface area contributed by atoms with Gasteiger partial charge in [-0.2, -0.15) is 10.2 Å². The lowest BCUT2D eigenvalue weighted by molar-refractivity contribution is 0.0948. The van der Waals surface area contributed by atoms with E-state index in [4.69, 9.17) is 0 Å². The molecule has 0 saturated carbocycles. The molecule has 6 heteroatoms. The molecular weight excluding hydrogens is 308 g/mol. The van der Waals surface area contributed by atoms with E-state index in [1.165, 1.54) is 0 Å². The van der Waals surface area contributed by atoms with Gasteiger partial charge in [0.1, 0.15) is 0 Å². The number of hydrogen-bond donors (Lipinski definition) is 1. The van der Waals surface area contributed by atoms with Crippen LogP contribution in [0.3, 0.4) is 0 Å². The van der Waals surface area contributed by atoms with Crippen molar-refractivity contribution >= 4 is 28.1 Å². The highest BCUT2D eigenvalue weighted by Gasteiger charge is 2.13. The first kappa shape index (κ1) is 13.5. The van der Waals surface area contributed by atoms with Crippen LogP contribution in [0.15, 0.2) is 40.0 Å². The number of hydrazone groups is 1. The molecule has 0 unspecified atom stereocenters. The second-order valence-corrected chi connectivity index (χ2v) is 4.91. The van der Waals surface area contributed by atoms with E-state index in [9.17, 15) is 4.79 Å². The summed E-state index contributed by atoms with van der Waals surface area (Å²) in [4.78, 5) is 11.8. The summed E-state index contributed by atoms with van der Waals surface area (Å²) < 4.78 is 2.20. The van der Waals surface area contributed by atoms with Gasteiger partial charge in [-0.15, -0.1) is 0 Å². The molecule has 98 valence electrons. The van der Waals surface area contributed by atoms with Gasteiger partial charge in [0, 0.05) is 13.2 Å². The van der Waals surface area contributed by atoms with Crippen molar-refractivity contribution in [1.82, 2.24) is 15.2 Å². The Kier molecular flexibility index (Phi) is 4.11. The molecule has 0 aliphatic carbocycles. The molecule has 0 fully saturated rings. The molecule has 5 nitrogen and oxygen atoms in total. The molecule has 0 bridgehead atoms. The molecule has 1 aromatic heterocycles. The highest BCUT2D eigenvalue weighted by molar-refractivity contribution is 9.10. The van der Waals surface area contributed by atoms with Crippen molar-refractivity contribution in [2.75, 3.05) is 0 Å². The van der Waals surface area contributed by atoms with E-state index in [1.54, 1.807) is 24.1 Å². The van der Waals surface area contributed by atoms with Gasteiger partial charge in [-0.1, -0.05) is 24.3 Å². The summed E-state index contributed by atoms with van der Waals surface area (Å²) in [5.41, 5.74) is 4.82. The largest absolute Gasteiger partial charge is 0.293 e. The van der Waals surface area contributed by atoms with Crippen LogP contribution in [0.5, 0.6) is 0 Å². The van der Waals surface area contributed by atoms with Gasteiger partial charge in [0.05, 0.1) is 10.7 Å². The van der Waals surface area contributed by atoms with Crippen molar-refractivity contribution in [3.05, 3.63) is 51.8 Å². The smallest absolute Gasteiger partial charge is 0.274 e. The van der Waals surface area contributed by atoms with Gasteiger partial charge in [-0.3, -0.25) is 9.48 Å². The molecule has 1 aromatic carbocycles. The number of halogens is 1. The van der Waals surface area contributed by atoms with Crippen LogP contribution in [0.4, 0.5) is 0 Å². The van der Waals surface area contributed by atoms with Gasteiger partial charge in [-0.05, 0) is 34.0 Å². The van der Waals surface area contributed by atoms with Crippen molar-refractivity contribution in [1.29, 1.82) is 0 Å². The zero-order valence-electron chi connectivity index (χ0n) is 10.6. The number of carbonyl (C=O) groups excluding carboxylic acids is 1. The van der Waals surface area contributed by atoms with Crippen LogP contribution >= 0.6 is 15.9 Å². The maximum absolute atomic E-state index is 11.8. The summed E-state index contributed by atoms with van der Waals surface area (Å²) >= 11 is 3.27. The topological polar surface area (TPSA) is 59.3 Å². The fourth-order valence-corrected chi connectivity index (χ4v) is 2.11. The number of benzene rings is 1. The van der Waals surface area contributed by atoms with Gasteiger partial charge in [0.25, 0.3) is 5.91 Å². The molecule has 2 rings (SSSR count). The first-order valence-corrected chi connectivity index (χ1v) is 6.45. The van der Waals surface area contributed by atoms with Gasteiger partial charge < -0.3 is 0 Å². The van der Waals surface area contributed by atoms with E-state index in [2.05, 4.69) is 31.6 Å². The van der Waals surface area contributed by atoms with Crippen molar-refractivity contribution in [2.24, 2.45) is 12.1 Å². The van der Waals surface area contributed by atoms with Crippen LogP contribution < -0.4 is 5.43 Å². The normalized spacial score (nSPS) is 10.9. The van der Waals surface area contributed by atoms with Crippen molar-refractivity contribution in [3.8, 4) is 0 Å². The average molecular weight is 321 g/mol. The predicted octanol–water partition coefficient (Wildman–Crippen LogP) is 2.25. The summed E-state index contributed by atoms with van der Waals surface area (Å²) in [5, 5.41) is 7.97. The third-order valence-electron chi connectivity index (χ3n) is 2.56. The van der Waals surface area contributed by atoms with Crippen LogP contribution in [0.25, 0.3) is 0 Å². The highest BCUT2D eigenvalue weighted by atomic mass is 79.9. The molecule has 1 N–H and O–H groups in total. The molecule has 1 heterocycles. The zero-order chi connectivity index (χ0) is 13.8. The second-order valence-electron chi connectivity index (χ2n) is 4.06. The predicted molar refractivity (Wildman–Crippen MR) is 77.1 cm³/mol. The fraction of sp³-hybridized carbons (Fsp3) is 0.154. The summed E-state index contributed by atoms with van der Waals surface area (Å²) in [5.74, 6) is -0.350. The Morgan fingerprint density at radius 3 is 2.84 bits per heavy atom. The SMILES string of the molecule is Cc1ccccc1/C=N/NC(=O)c1nn(C)cc1Br. The molecule has 0 saturated heterocycles. The second kappa shape index (κ2) is 5.79. The van der Waals surface area contributed by atoms with Crippen molar-refractivity contribution in [2.45, 2.75) is 6.92 Å². The Labute approximate surface area is 119 Å². The van der Waals surface area contributed by atoms with E-state index < -0.39 is 0 Å². The van der Waals surface area contributed by atoms with Crippen LogP contribution in [0.2, 0.25) is 0 Å². The third-order valence-corrected chi connectivity index (χ3v) is 3.14. The highest BCUT2D eigenvalue weighted by Crippen LogP contribution is 2.13. The molecule has 19 heavy (non-hydrogen) atoms. The monoisotopic (exact) mass is 320 g/mol. The lowest BCUT2D eigenvalue weighted by atomic mass is 10.1. The van der Waals surface area contributed by atoms with Crippen molar-refractivity contribution < 1.29 is 4.79 Å². The Balaban J connectivity index is 2.05. The number of rotatable bonds is 3. The summed E-state index contributed by atoms with van der Waals surface area (Å²) in [6.07, 6.45) is 3.32. The Morgan fingerprint density at radius 1 is 1.47 bits per heavy atom. The van der Waals surface area contributed by atoms with Gasteiger partial charge in [0.2, 0.25) is 0 Å². The number of aryl methyl sites for hydroxylation is 2. The van der Waals surface area contributed by atoms with E-state index in [0.717, 1.165) is 11.1 Å². The first-order valence-electron chi connectivity index (χ1n) is 5.66. The van der Waals surface area contributed by atoms with Gasteiger partial charge in [0.15, 0.2) is 5.69 Å². The van der Waals surface area contributed by atoms with Crippen LogP contribution in [-0.4, -0.2) is 21.9 Å². The lowest BCUT2D eigenvalue weighted by Gasteiger charge is -1.99. The molecular formula is C13H13BrN4O. The summed E-state index contributed by atoms with van der Waals surface area (Å²) in [7, 11) is 1.75. The fourth-order valence-electron chi connectivity index (χ4n) is 1.56. The first-order chi connectivity index (χ1) is 9.08. The van der Waals surface area contributed by atoms with Gasteiger partial charge in [-0.25, -0.2) is 5.43 Å². The molecule has 0 radical (unpaired) electrons. The third kappa shape index (κ3) is 3.29. The number of amides is 1. The Morgan fingerprint density at radius 2 is 2.21 bits per heavy atom. The maximum atomic E-state index is 11.8. The standard InChI is InChI=1S/C13H13BrN4O/c1-9-5-3-4-6-10(9)7-15-16-13(19)12-11(14)8-18(2)17-12/h3-8H,1-2H3,(H,16,19)/b15-7+. The number of nitrogens with zero attached hydrogens (tertiary/aromatic N) is 3. The molecule has 0 atom stereocenters. The average Bonchev–Trinajstić information content (AvgIpc) is 2.71. The number of nitrogens with one attached hydrogen (secondary N) is 1. The van der Waals surface area contributed by atoms with Gasteiger partial charge >= 0.3 is 0 Å². The molecule has 0 aliphatic heterocycles. The molecule has 2 aromatic rings. The minimum Gasteiger partial charge on any atom is -0.274 e. The van der Waals surface area contributed by atoms with Crippen LogP contribution in [0, 0.1) is 6.92 Å². The molecule has 0 spiro atoms. The lowest BCUT2D eigenvalue weighted by Crippen LogP contribution is -2.19. The van der Waals surface area contributed by atoms with Crippen LogP contribution in [0.1, 0.15) is 21.6 Å². The maximum Gasteiger partial charge on any atom is 0.293 e. The Bertz CT molecular complexity index is 633. The van der Waals surface area contributed by atoms with E-state index >= 15 is 0 Å². The van der Waals surface area contributed by atoms with E-state index in [-0.39, 0.29) is 5.91 Å². The zero-order valence-corrected chi connectivity index (χ0v) is 12.2. The summed E-state index contributed by atoms with van der Waals surface area (Å²) in [6.45, 7) is 1.98.